The van der Waals surface area contributed by atoms with Gasteiger partial charge in [-0.2, -0.15) is 18.6 Å². The summed E-state index contributed by atoms with van der Waals surface area (Å²) in [5.41, 5.74) is 0. The van der Waals surface area contributed by atoms with Crippen molar-refractivity contribution in [1.29, 1.82) is 0 Å². The van der Waals surface area contributed by atoms with Crippen molar-refractivity contribution in [3.63, 3.8) is 0 Å². The van der Waals surface area contributed by atoms with Crippen molar-refractivity contribution in [3.05, 3.63) is 0 Å². The number of hydrogen-bond acceptors (Lipinski definition) is 6. The first-order chi connectivity index (χ1) is 5.87. The van der Waals surface area contributed by atoms with Gasteiger partial charge in [0.2, 0.25) is 5.91 Å². The van der Waals surface area contributed by atoms with E-state index >= 15 is 0 Å². The summed E-state index contributed by atoms with van der Waals surface area (Å²) in [5.74, 6) is 3.42. The summed E-state index contributed by atoms with van der Waals surface area (Å²) in [5, 5.41) is 11.3. The zero-order valence-corrected chi connectivity index (χ0v) is 7.87. The molecule has 0 aliphatic carbocycles. The molecule has 0 aromatic rings. The molecular weight excluding hydrogens is 200 g/mol. The summed E-state index contributed by atoms with van der Waals surface area (Å²) in [6.07, 6.45) is -1.22. The molecule has 0 aliphatic heterocycles. The quantitative estimate of drug-likeness (QED) is 0.441. The van der Waals surface area contributed by atoms with Gasteiger partial charge >= 0.3 is 0 Å². The maximum atomic E-state index is 10.6. The van der Waals surface area contributed by atoms with Crippen LogP contribution in [0.15, 0.2) is 0 Å². The topological polar surface area (TPSA) is 119 Å². The van der Waals surface area contributed by atoms with E-state index in [2.05, 4.69) is 15.5 Å². The number of carbonyl (C=O) groups excluding carboxylic acids is 1. The Morgan fingerprint density at radius 3 is 2.62 bits per heavy atom. The molecule has 78 valence electrons. The first-order valence-corrected chi connectivity index (χ1v) is 4.98. The van der Waals surface area contributed by atoms with E-state index in [1.54, 1.807) is 0 Å². The van der Waals surface area contributed by atoms with Crippen LogP contribution >= 0.6 is 0 Å². The minimum Gasteiger partial charge on any atom is -0.390 e. The first kappa shape index (κ1) is 12.3. The summed E-state index contributed by atoms with van der Waals surface area (Å²) in [7, 11) is -3.89. The lowest BCUT2D eigenvalue weighted by Gasteiger charge is -2.09. The molecule has 1 atom stereocenters. The van der Waals surface area contributed by atoms with Crippen LogP contribution < -0.4 is 11.2 Å². The molecule has 0 radical (unpaired) electrons. The van der Waals surface area contributed by atoms with E-state index in [9.17, 15) is 13.2 Å². The molecule has 0 saturated heterocycles. The molecule has 0 spiro atoms. The summed E-state index contributed by atoms with van der Waals surface area (Å²) < 4.78 is 24.9. The van der Waals surface area contributed by atoms with Gasteiger partial charge in [0.1, 0.15) is 5.75 Å². The highest BCUT2D eigenvalue weighted by Crippen LogP contribution is 1.92. The maximum Gasteiger partial charge on any atom is 0.285 e. The number of nitrogens with two attached hydrogens (primary N) is 1. The molecule has 0 aliphatic rings. The Hall–Kier alpha value is -0.700. The van der Waals surface area contributed by atoms with Crippen molar-refractivity contribution in [2.45, 2.75) is 13.0 Å². The van der Waals surface area contributed by atoms with Gasteiger partial charge < -0.3 is 10.4 Å². The zero-order chi connectivity index (χ0) is 10.5. The van der Waals surface area contributed by atoms with Crippen LogP contribution in [-0.2, 0) is 19.2 Å². The fraction of sp³-hybridized carbons (Fsp3) is 0.800. The standard InChI is InChI=1S/C5H12N2O5S/c1-4(8)7-2-5(9)3-13(10,11)12-6/h5,9H,2-3,6H2,1H3,(H,7,8). The van der Waals surface area contributed by atoms with Crippen molar-refractivity contribution in [2.24, 2.45) is 5.90 Å². The molecule has 0 aromatic heterocycles. The summed E-state index contributed by atoms with van der Waals surface area (Å²) in [6.45, 7) is 1.10. The molecule has 0 fully saturated rings. The number of aliphatic hydroxyl groups is 1. The fourth-order valence-electron chi connectivity index (χ4n) is 0.595. The Bertz CT molecular complexity index is 262. The summed E-state index contributed by atoms with van der Waals surface area (Å²) >= 11 is 0. The SMILES string of the molecule is CC(=O)NCC(O)CS(=O)(=O)ON. The Morgan fingerprint density at radius 1 is 1.69 bits per heavy atom. The highest BCUT2D eigenvalue weighted by atomic mass is 32.2. The van der Waals surface area contributed by atoms with Gasteiger partial charge in [-0.05, 0) is 0 Å². The van der Waals surface area contributed by atoms with E-state index < -0.39 is 22.0 Å². The lowest BCUT2D eigenvalue weighted by Crippen LogP contribution is -2.35. The molecule has 8 heteroatoms. The molecule has 1 amide bonds. The number of carbonyl (C=O) groups is 1. The number of rotatable bonds is 5. The van der Waals surface area contributed by atoms with Gasteiger partial charge in [0.25, 0.3) is 10.1 Å². The lowest BCUT2D eigenvalue weighted by atomic mass is 10.4. The van der Waals surface area contributed by atoms with Crippen molar-refractivity contribution in [2.75, 3.05) is 12.3 Å². The van der Waals surface area contributed by atoms with Crippen LogP contribution in [0.25, 0.3) is 0 Å². The van der Waals surface area contributed by atoms with Crippen LogP contribution in [0, 0.1) is 0 Å². The summed E-state index contributed by atoms with van der Waals surface area (Å²) in [4.78, 5) is 10.4. The van der Waals surface area contributed by atoms with Crippen LogP contribution in [0.2, 0.25) is 0 Å². The average Bonchev–Trinajstić information content (AvgIpc) is 2.00. The number of hydrogen-bond donors (Lipinski definition) is 3. The Morgan fingerprint density at radius 2 is 2.23 bits per heavy atom. The molecule has 0 heterocycles. The predicted octanol–water partition coefficient (Wildman–Crippen LogP) is -2.30. The normalized spacial score (nSPS) is 13.8. The Kier molecular flexibility index (Phi) is 4.85. The van der Waals surface area contributed by atoms with Crippen LogP contribution in [0.4, 0.5) is 0 Å². The molecule has 0 saturated carbocycles. The highest BCUT2D eigenvalue weighted by Gasteiger charge is 2.16. The molecule has 0 rings (SSSR count). The molecule has 7 nitrogen and oxygen atoms in total. The highest BCUT2D eigenvalue weighted by molar-refractivity contribution is 7.86. The molecule has 1 unspecified atom stereocenters. The van der Waals surface area contributed by atoms with Gasteiger partial charge in [-0.3, -0.25) is 4.79 Å². The van der Waals surface area contributed by atoms with Gasteiger partial charge in [0, 0.05) is 13.5 Å². The third kappa shape index (κ3) is 6.46. The van der Waals surface area contributed by atoms with Gasteiger partial charge in [-0.15, -0.1) is 0 Å². The fourth-order valence-corrected chi connectivity index (χ4v) is 1.26. The van der Waals surface area contributed by atoms with E-state index in [4.69, 9.17) is 5.11 Å². The van der Waals surface area contributed by atoms with E-state index in [1.165, 1.54) is 6.92 Å². The predicted molar refractivity (Wildman–Crippen MR) is 43.7 cm³/mol. The Labute approximate surface area is 75.9 Å². The second-order valence-corrected chi connectivity index (χ2v) is 4.05. The van der Waals surface area contributed by atoms with Crippen molar-refractivity contribution in [1.82, 2.24) is 5.32 Å². The third-order valence-electron chi connectivity index (χ3n) is 1.13. The van der Waals surface area contributed by atoms with Crippen LogP contribution in [-0.4, -0.2) is 37.8 Å². The van der Waals surface area contributed by atoms with E-state index in [1.807, 2.05) is 0 Å². The van der Waals surface area contributed by atoms with Crippen molar-refractivity contribution in [3.8, 4) is 0 Å². The van der Waals surface area contributed by atoms with E-state index in [0.717, 1.165) is 0 Å². The number of amides is 1. The minimum atomic E-state index is -3.89. The van der Waals surface area contributed by atoms with E-state index in [-0.39, 0.29) is 12.5 Å². The smallest absolute Gasteiger partial charge is 0.285 e. The molecular formula is C5H12N2O5S. The number of aliphatic hydroxyl groups excluding tert-OH is 1. The van der Waals surface area contributed by atoms with Crippen LogP contribution in [0.3, 0.4) is 0 Å². The molecule has 4 N–H and O–H groups in total. The number of nitrogens with one attached hydrogen (secondary N) is 1. The molecule has 0 aromatic carbocycles. The van der Waals surface area contributed by atoms with Gasteiger partial charge in [0.15, 0.2) is 0 Å². The monoisotopic (exact) mass is 212 g/mol. The largest absolute Gasteiger partial charge is 0.390 e. The van der Waals surface area contributed by atoms with Crippen molar-refractivity contribution >= 4 is 16.0 Å². The average molecular weight is 212 g/mol. The molecule has 0 bridgehead atoms. The molecule has 13 heavy (non-hydrogen) atoms. The second-order valence-electron chi connectivity index (χ2n) is 2.41. The van der Waals surface area contributed by atoms with Crippen LogP contribution in [0.5, 0.6) is 0 Å². The minimum absolute atomic E-state index is 0.155. The second kappa shape index (κ2) is 5.12. The zero-order valence-electron chi connectivity index (χ0n) is 7.06. The van der Waals surface area contributed by atoms with Gasteiger partial charge in [0.05, 0.1) is 6.10 Å². The Balaban J connectivity index is 3.88. The lowest BCUT2D eigenvalue weighted by molar-refractivity contribution is -0.119. The summed E-state index contributed by atoms with van der Waals surface area (Å²) in [6, 6.07) is 0. The van der Waals surface area contributed by atoms with Crippen molar-refractivity contribution < 1.29 is 22.6 Å². The maximum absolute atomic E-state index is 10.6. The van der Waals surface area contributed by atoms with Gasteiger partial charge in [-0.1, -0.05) is 0 Å². The van der Waals surface area contributed by atoms with Gasteiger partial charge in [-0.25, -0.2) is 0 Å². The third-order valence-corrected chi connectivity index (χ3v) is 2.22. The first-order valence-electron chi connectivity index (χ1n) is 3.41. The van der Waals surface area contributed by atoms with Crippen LogP contribution in [0.1, 0.15) is 6.92 Å². The van der Waals surface area contributed by atoms with E-state index in [0.29, 0.717) is 0 Å².